The number of nitrogens with zero attached hydrogens (tertiary/aromatic N) is 2. The maximum Gasteiger partial charge on any atom is 0.251 e. The summed E-state index contributed by atoms with van der Waals surface area (Å²) in [6.45, 7) is 4.37. The Bertz CT molecular complexity index is 972. The Morgan fingerprint density at radius 1 is 1.06 bits per heavy atom. The van der Waals surface area contributed by atoms with E-state index >= 15 is 0 Å². The molecular formula is C25H29N3O4. The number of amides is 3. The fraction of sp³-hybridized carbons (Fsp3) is 0.400. The summed E-state index contributed by atoms with van der Waals surface area (Å²) in [6.07, 6.45) is 2.59. The van der Waals surface area contributed by atoms with E-state index in [0.29, 0.717) is 31.8 Å². The van der Waals surface area contributed by atoms with E-state index in [1.165, 1.54) is 0 Å². The van der Waals surface area contributed by atoms with Gasteiger partial charge < -0.3 is 19.9 Å². The molecule has 4 rings (SSSR count). The van der Waals surface area contributed by atoms with Crippen molar-refractivity contribution in [1.29, 1.82) is 0 Å². The average Bonchev–Trinajstić information content (AvgIpc) is 3.32. The lowest BCUT2D eigenvalue weighted by atomic mass is 10.1. The molecule has 1 unspecified atom stereocenters. The standard InChI is InChI=1S/C25H29N3O4/c1-2-14-32-21-11-7-18(8-12-21)15-26-24(30)20-9-5-19(6-10-20)16-27-17-23(29)28-13-3-4-22(28)25(27)31/h5-12,22H,2-4,13-17H2,1H3,(H,26,30). The van der Waals surface area contributed by atoms with E-state index in [1.54, 1.807) is 21.9 Å². The van der Waals surface area contributed by atoms with Crippen LogP contribution in [-0.2, 0) is 22.7 Å². The topological polar surface area (TPSA) is 79.0 Å². The fourth-order valence-electron chi connectivity index (χ4n) is 4.19. The minimum Gasteiger partial charge on any atom is -0.494 e. The van der Waals surface area contributed by atoms with E-state index in [4.69, 9.17) is 4.74 Å². The van der Waals surface area contributed by atoms with Crippen LogP contribution in [0.4, 0.5) is 0 Å². The first kappa shape index (κ1) is 21.9. The zero-order valence-corrected chi connectivity index (χ0v) is 18.4. The minimum atomic E-state index is -0.298. The van der Waals surface area contributed by atoms with Crippen molar-refractivity contribution >= 4 is 17.7 Å². The summed E-state index contributed by atoms with van der Waals surface area (Å²) < 4.78 is 5.57. The average molecular weight is 436 g/mol. The van der Waals surface area contributed by atoms with Gasteiger partial charge in [-0.15, -0.1) is 0 Å². The molecule has 7 nitrogen and oxygen atoms in total. The number of nitrogens with one attached hydrogen (secondary N) is 1. The fourth-order valence-corrected chi connectivity index (χ4v) is 4.19. The molecule has 0 aromatic heterocycles. The van der Waals surface area contributed by atoms with Gasteiger partial charge in [0.1, 0.15) is 18.3 Å². The molecule has 32 heavy (non-hydrogen) atoms. The first-order chi connectivity index (χ1) is 15.5. The third-order valence-corrected chi connectivity index (χ3v) is 5.93. The van der Waals surface area contributed by atoms with Gasteiger partial charge in [0, 0.05) is 25.2 Å². The molecule has 1 N–H and O–H groups in total. The molecule has 2 saturated heterocycles. The van der Waals surface area contributed by atoms with Crippen molar-refractivity contribution < 1.29 is 19.1 Å². The van der Waals surface area contributed by atoms with Crippen molar-refractivity contribution in [3.63, 3.8) is 0 Å². The predicted octanol–water partition coefficient (Wildman–Crippen LogP) is 2.74. The van der Waals surface area contributed by atoms with E-state index < -0.39 is 0 Å². The van der Waals surface area contributed by atoms with Gasteiger partial charge in [0.25, 0.3) is 5.91 Å². The molecule has 2 heterocycles. The second-order valence-electron chi connectivity index (χ2n) is 8.31. The van der Waals surface area contributed by atoms with E-state index in [9.17, 15) is 14.4 Å². The number of hydrogen-bond acceptors (Lipinski definition) is 4. The molecule has 0 spiro atoms. The number of fused-ring (bicyclic) bond motifs is 1. The van der Waals surface area contributed by atoms with Gasteiger partial charge in [-0.2, -0.15) is 0 Å². The van der Waals surface area contributed by atoms with E-state index in [1.807, 2.05) is 36.4 Å². The van der Waals surface area contributed by atoms with Crippen LogP contribution in [-0.4, -0.2) is 53.3 Å². The molecular weight excluding hydrogens is 406 g/mol. The number of ether oxygens (including phenoxy) is 1. The number of piperazine rings is 1. The Labute approximate surface area is 188 Å². The molecule has 2 aromatic rings. The SMILES string of the molecule is CCCOc1ccc(CNC(=O)c2ccc(CN3CC(=O)N4CCCC4C3=O)cc2)cc1. The van der Waals surface area contributed by atoms with Gasteiger partial charge in [-0.1, -0.05) is 31.2 Å². The highest BCUT2D eigenvalue weighted by Gasteiger charge is 2.41. The van der Waals surface area contributed by atoms with Crippen molar-refractivity contribution in [3.05, 3.63) is 65.2 Å². The lowest BCUT2D eigenvalue weighted by Gasteiger charge is -2.36. The Morgan fingerprint density at radius 2 is 1.78 bits per heavy atom. The summed E-state index contributed by atoms with van der Waals surface area (Å²) in [7, 11) is 0. The molecule has 168 valence electrons. The van der Waals surface area contributed by atoms with E-state index in [0.717, 1.165) is 36.1 Å². The molecule has 2 aromatic carbocycles. The van der Waals surface area contributed by atoms with Crippen LogP contribution in [0.15, 0.2) is 48.5 Å². The van der Waals surface area contributed by atoms with Gasteiger partial charge in [-0.3, -0.25) is 14.4 Å². The zero-order chi connectivity index (χ0) is 22.5. The maximum absolute atomic E-state index is 12.7. The van der Waals surface area contributed by atoms with Crippen molar-refractivity contribution in [2.45, 2.75) is 45.3 Å². The summed E-state index contributed by atoms with van der Waals surface area (Å²) in [6, 6.07) is 14.6. The first-order valence-electron chi connectivity index (χ1n) is 11.2. The van der Waals surface area contributed by atoms with Gasteiger partial charge in [-0.25, -0.2) is 0 Å². The summed E-state index contributed by atoms with van der Waals surface area (Å²) in [5, 5.41) is 2.92. The molecule has 7 heteroatoms. The second-order valence-corrected chi connectivity index (χ2v) is 8.31. The third-order valence-electron chi connectivity index (χ3n) is 5.93. The lowest BCUT2D eigenvalue weighted by Crippen LogP contribution is -2.56. The highest BCUT2D eigenvalue weighted by Crippen LogP contribution is 2.24. The first-order valence-corrected chi connectivity index (χ1v) is 11.2. The van der Waals surface area contributed by atoms with Crippen LogP contribution in [0.2, 0.25) is 0 Å². The molecule has 0 saturated carbocycles. The summed E-state index contributed by atoms with van der Waals surface area (Å²) in [5.41, 5.74) is 2.45. The number of carbonyl (C=O) groups is 3. The van der Waals surface area contributed by atoms with Crippen LogP contribution in [0.1, 0.15) is 47.7 Å². The van der Waals surface area contributed by atoms with Gasteiger partial charge in [0.05, 0.1) is 6.61 Å². The van der Waals surface area contributed by atoms with Crippen molar-refractivity contribution in [2.24, 2.45) is 0 Å². The monoisotopic (exact) mass is 435 g/mol. The van der Waals surface area contributed by atoms with Crippen LogP contribution < -0.4 is 10.1 Å². The Morgan fingerprint density at radius 3 is 2.50 bits per heavy atom. The Hall–Kier alpha value is -3.35. The molecule has 2 fully saturated rings. The molecule has 1 atom stereocenters. The Kier molecular flexibility index (Phi) is 6.73. The number of hydrogen-bond donors (Lipinski definition) is 1. The number of rotatable bonds is 8. The number of benzene rings is 2. The van der Waals surface area contributed by atoms with Gasteiger partial charge in [-0.05, 0) is 54.7 Å². The smallest absolute Gasteiger partial charge is 0.251 e. The summed E-state index contributed by atoms with van der Waals surface area (Å²) >= 11 is 0. The van der Waals surface area contributed by atoms with Crippen molar-refractivity contribution in [2.75, 3.05) is 19.7 Å². The second kappa shape index (κ2) is 9.85. The van der Waals surface area contributed by atoms with Gasteiger partial charge in [0.2, 0.25) is 11.8 Å². The largest absolute Gasteiger partial charge is 0.494 e. The zero-order valence-electron chi connectivity index (χ0n) is 18.4. The van der Waals surface area contributed by atoms with Crippen LogP contribution in [0.5, 0.6) is 5.75 Å². The molecule has 0 bridgehead atoms. The molecule has 2 aliphatic rings. The molecule has 2 aliphatic heterocycles. The summed E-state index contributed by atoms with van der Waals surface area (Å²) in [4.78, 5) is 40.8. The highest BCUT2D eigenvalue weighted by atomic mass is 16.5. The quantitative estimate of drug-likeness (QED) is 0.692. The third kappa shape index (κ3) is 4.93. The maximum atomic E-state index is 12.7. The van der Waals surface area contributed by atoms with Crippen LogP contribution in [0.25, 0.3) is 0 Å². The number of carbonyl (C=O) groups excluding carboxylic acids is 3. The van der Waals surface area contributed by atoms with Crippen molar-refractivity contribution in [1.82, 2.24) is 15.1 Å². The van der Waals surface area contributed by atoms with Gasteiger partial charge in [0.15, 0.2) is 0 Å². The predicted molar refractivity (Wildman–Crippen MR) is 120 cm³/mol. The summed E-state index contributed by atoms with van der Waals surface area (Å²) in [5.74, 6) is 0.712. The van der Waals surface area contributed by atoms with E-state index in [-0.39, 0.29) is 30.3 Å². The molecule has 3 amide bonds. The lowest BCUT2D eigenvalue weighted by molar-refractivity contribution is -0.154. The van der Waals surface area contributed by atoms with Crippen LogP contribution >= 0.6 is 0 Å². The van der Waals surface area contributed by atoms with Gasteiger partial charge >= 0.3 is 0 Å². The minimum absolute atomic E-state index is 0.0213. The van der Waals surface area contributed by atoms with E-state index in [2.05, 4.69) is 12.2 Å². The van der Waals surface area contributed by atoms with Crippen molar-refractivity contribution in [3.8, 4) is 5.75 Å². The highest BCUT2D eigenvalue weighted by molar-refractivity contribution is 5.95. The molecule has 0 radical (unpaired) electrons. The normalized spacial score (nSPS) is 18.0. The Balaban J connectivity index is 1.30. The molecule has 0 aliphatic carbocycles. The van der Waals surface area contributed by atoms with Crippen LogP contribution in [0.3, 0.4) is 0 Å². The van der Waals surface area contributed by atoms with Crippen LogP contribution in [0, 0.1) is 0 Å².